The van der Waals surface area contributed by atoms with Crippen LogP contribution in [0.25, 0.3) is 0 Å². The van der Waals surface area contributed by atoms with E-state index in [1.165, 1.54) is 11.9 Å². The van der Waals surface area contributed by atoms with Crippen molar-refractivity contribution in [3.05, 3.63) is 34.9 Å². The Hall–Kier alpha value is -1.43. The summed E-state index contributed by atoms with van der Waals surface area (Å²) in [5.74, 6) is 0. The van der Waals surface area contributed by atoms with Gasteiger partial charge < -0.3 is 10.2 Å². The summed E-state index contributed by atoms with van der Waals surface area (Å²) >= 11 is 5.98. The Labute approximate surface area is 114 Å². The van der Waals surface area contributed by atoms with Gasteiger partial charge in [0.25, 0.3) is 0 Å². The summed E-state index contributed by atoms with van der Waals surface area (Å²) in [6.07, 6.45) is -4.43. The molecule has 1 atom stereocenters. The molecule has 0 saturated carbocycles. The molecule has 0 aliphatic carbocycles. The van der Waals surface area contributed by atoms with Crippen LogP contribution in [0.3, 0.4) is 0 Å². The second-order valence-electron chi connectivity index (χ2n) is 4.08. The Morgan fingerprint density at radius 3 is 2.53 bits per heavy atom. The molecule has 2 amide bonds. The zero-order valence-corrected chi connectivity index (χ0v) is 11.2. The number of halogens is 4. The van der Waals surface area contributed by atoms with E-state index in [2.05, 4.69) is 0 Å². The fourth-order valence-corrected chi connectivity index (χ4v) is 1.79. The molecule has 0 fully saturated rings. The van der Waals surface area contributed by atoms with Crippen LogP contribution in [0.1, 0.15) is 18.5 Å². The molecule has 1 aromatic carbocycles. The van der Waals surface area contributed by atoms with Gasteiger partial charge in [-0.1, -0.05) is 29.8 Å². The van der Waals surface area contributed by atoms with Crippen molar-refractivity contribution in [1.82, 2.24) is 10.2 Å². The van der Waals surface area contributed by atoms with E-state index >= 15 is 0 Å². The highest BCUT2D eigenvalue weighted by atomic mass is 35.5. The van der Waals surface area contributed by atoms with Crippen molar-refractivity contribution >= 4 is 17.6 Å². The van der Waals surface area contributed by atoms with Gasteiger partial charge in [-0.25, -0.2) is 4.79 Å². The predicted octanol–water partition coefficient (Wildman–Crippen LogP) is 3.60. The molecule has 19 heavy (non-hydrogen) atoms. The normalized spacial score (nSPS) is 12.9. The SMILES string of the molecule is CC(c1ccccc1Cl)N(C)C(=O)NCC(F)(F)F. The number of hydrogen-bond acceptors (Lipinski definition) is 1. The fourth-order valence-electron chi connectivity index (χ4n) is 1.50. The van der Waals surface area contributed by atoms with Crippen molar-refractivity contribution in [3.8, 4) is 0 Å². The van der Waals surface area contributed by atoms with E-state index < -0.39 is 24.8 Å². The third-order valence-electron chi connectivity index (χ3n) is 2.70. The maximum atomic E-state index is 12.0. The van der Waals surface area contributed by atoms with Crippen molar-refractivity contribution in [1.29, 1.82) is 0 Å². The highest BCUT2D eigenvalue weighted by Gasteiger charge is 2.29. The summed E-state index contributed by atoms with van der Waals surface area (Å²) in [5.41, 5.74) is 0.675. The molecule has 0 radical (unpaired) electrons. The topological polar surface area (TPSA) is 32.3 Å². The van der Waals surface area contributed by atoms with Crippen LogP contribution in [0, 0.1) is 0 Å². The van der Waals surface area contributed by atoms with Crippen LogP contribution in [-0.4, -0.2) is 30.7 Å². The third kappa shape index (κ3) is 4.63. The molecular formula is C12H14ClF3N2O. The van der Waals surface area contributed by atoms with Gasteiger partial charge in [0.2, 0.25) is 0 Å². The largest absolute Gasteiger partial charge is 0.405 e. The Balaban J connectivity index is 2.69. The lowest BCUT2D eigenvalue weighted by molar-refractivity contribution is -0.123. The average Bonchev–Trinajstić information content (AvgIpc) is 2.34. The van der Waals surface area contributed by atoms with E-state index in [-0.39, 0.29) is 0 Å². The van der Waals surface area contributed by atoms with E-state index in [0.29, 0.717) is 10.6 Å². The Morgan fingerprint density at radius 1 is 1.42 bits per heavy atom. The first kappa shape index (κ1) is 15.6. The van der Waals surface area contributed by atoms with E-state index in [9.17, 15) is 18.0 Å². The van der Waals surface area contributed by atoms with Crippen LogP contribution in [0.15, 0.2) is 24.3 Å². The molecule has 0 aliphatic rings. The first-order chi connectivity index (χ1) is 8.72. The maximum absolute atomic E-state index is 12.0. The number of hydrogen-bond donors (Lipinski definition) is 1. The smallest absolute Gasteiger partial charge is 0.329 e. The molecular weight excluding hydrogens is 281 g/mol. The van der Waals surface area contributed by atoms with Crippen molar-refractivity contribution in [3.63, 3.8) is 0 Å². The van der Waals surface area contributed by atoms with Gasteiger partial charge in [0.05, 0.1) is 6.04 Å². The van der Waals surface area contributed by atoms with Crippen LogP contribution < -0.4 is 5.32 Å². The van der Waals surface area contributed by atoms with Gasteiger partial charge in [0.1, 0.15) is 6.54 Å². The molecule has 1 rings (SSSR count). The molecule has 0 aromatic heterocycles. The molecule has 0 heterocycles. The first-order valence-electron chi connectivity index (χ1n) is 5.54. The van der Waals surface area contributed by atoms with Crippen molar-refractivity contribution in [2.24, 2.45) is 0 Å². The lowest BCUT2D eigenvalue weighted by atomic mass is 10.1. The molecule has 0 bridgehead atoms. The molecule has 0 spiro atoms. The molecule has 0 saturated heterocycles. The average molecular weight is 295 g/mol. The Kier molecular flexibility index (Phi) is 5.05. The lowest BCUT2D eigenvalue weighted by Crippen LogP contribution is -2.42. The molecule has 1 unspecified atom stereocenters. The number of urea groups is 1. The van der Waals surface area contributed by atoms with Crippen LogP contribution in [0.2, 0.25) is 5.02 Å². The molecule has 7 heteroatoms. The predicted molar refractivity (Wildman–Crippen MR) is 67.1 cm³/mol. The summed E-state index contributed by atoms with van der Waals surface area (Å²) in [4.78, 5) is 12.8. The monoisotopic (exact) mass is 294 g/mol. The van der Waals surface area contributed by atoms with E-state index in [1.807, 2.05) is 5.32 Å². The standard InChI is InChI=1S/C12H14ClF3N2O/c1-8(9-5-3-4-6-10(9)13)18(2)11(19)17-7-12(14,15)16/h3-6,8H,7H2,1-2H3,(H,17,19). The zero-order valence-electron chi connectivity index (χ0n) is 10.5. The lowest BCUT2D eigenvalue weighted by Gasteiger charge is -2.26. The molecule has 106 valence electrons. The Bertz CT molecular complexity index is 451. The number of benzene rings is 1. The number of carbonyl (C=O) groups excluding carboxylic acids is 1. The van der Waals surface area contributed by atoms with E-state index in [1.54, 1.807) is 31.2 Å². The Morgan fingerprint density at radius 2 is 2.00 bits per heavy atom. The summed E-state index contributed by atoms with van der Waals surface area (Å²) < 4.78 is 36.0. The van der Waals surface area contributed by atoms with Crippen LogP contribution >= 0.6 is 11.6 Å². The minimum Gasteiger partial charge on any atom is -0.329 e. The number of rotatable bonds is 3. The van der Waals surface area contributed by atoms with Crippen LogP contribution in [0.4, 0.5) is 18.0 Å². The number of nitrogens with one attached hydrogen (secondary N) is 1. The maximum Gasteiger partial charge on any atom is 0.405 e. The van der Waals surface area contributed by atoms with E-state index in [0.717, 1.165) is 0 Å². The molecule has 1 N–H and O–H groups in total. The van der Waals surface area contributed by atoms with Gasteiger partial charge in [0, 0.05) is 12.1 Å². The highest BCUT2D eigenvalue weighted by molar-refractivity contribution is 6.31. The van der Waals surface area contributed by atoms with Crippen molar-refractivity contribution in [2.75, 3.05) is 13.6 Å². The van der Waals surface area contributed by atoms with Gasteiger partial charge in [-0.2, -0.15) is 13.2 Å². The fraction of sp³-hybridized carbons (Fsp3) is 0.417. The summed E-state index contributed by atoms with van der Waals surface area (Å²) in [5, 5.41) is 2.27. The van der Waals surface area contributed by atoms with Gasteiger partial charge in [-0.05, 0) is 18.6 Å². The summed E-state index contributed by atoms with van der Waals surface area (Å²) in [6.45, 7) is 0.333. The quantitative estimate of drug-likeness (QED) is 0.907. The summed E-state index contributed by atoms with van der Waals surface area (Å²) in [7, 11) is 1.42. The number of alkyl halides is 3. The van der Waals surface area contributed by atoms with Crippen molar-refractivity contribution in [2.45, 2.75) is 19.1 Å². The number of carbonyl (C=O) groups is 1. The molecule has 0 aliphatic heterocycles. The highest BCUT2D eigenvalue weighted by Crippen LogP contribution is 2.26. The molecule has 1 aromatic rings. The van der Waals surface area contributed by atoms with Gasteiger partial charge in [-0.15, -0.1) is 0 Å². The van der Waals surface area contributed by atoms with Crippen LogP contribution in [0.5, 0.6) is 0 Å². The zero-order chi connectivity index (χ0) is 14.6. The third-order valence-corrected chi connectivity index (χ3v) is 3.04. The minimum atomic E-state index is -4.43. The van der Waals surface area contributed by atoms with Crippen molar-refractivity contribution < 1.29 is 18.0 Å². The van der Waals surface area contributed by atoms with Gasteiger partial charge in [-0.3, -0.25) is 0 Å². The second kappa shape index (κ2) is 6.14. The first-order valence-corrected chi connectivity index (χ1v) is 5.92. The summed E-state index contributed by atoms with van der Waals surface area (Å²) in [6, 6.07) is 5.64. The second-order valence-corrected chi connectivity index (χ2v) is 4.49. The number of nitrogens with zero attached hydrogens (tertiary/aromatic N) is 1. The minimum absolute atomic E-state index is 0.429. The number of amides is 2. The van der Waals surface area contributed by atoms with Crippen LogP contribution in [-0.2, 0) is 0 Å². The van der Waals surface area contributed by atoms with Gasteiger partial charge in [0.15, 0.2) is 0 Å². The van der Waals surface area contributed by atoms with E-state index in [4.69, 9.17) is 11.6 Å². The molecule has 3 nitrogen and oxygen atoms in total. The van der Waals surface area contributed by atoms with Gasteiger partial charge >= 0.3 is 12.2 Å².